The highest BCUT2D eigenvalue weighted by Gasteiger charge is 2.15. The molecule has 4 rings (SSSR count). The molecule has 4 aromatic rings. The van der Waals surface area contributed by atoms with Crippen LogP contribution in [0.25, 0.3) is 33.5 Å². The fourth-order valence-electron chi connectivity index (χ4n) is 2.60. The number of nitrogens with one attached hydrogen (secondary N) is 1. The number of aromatic nitrogens is 6. The van der Waals surface area contributed by atoms with Gasteiger partial charge in [0.15, 0.2) is 5.65 Å². The van der Waals surface area contributed by atoms with Crippen LogP contribution in [-0.2, 0) is 7.05 Å². The van der Waals surface area contributed by atoms with Crippen molar-refractivity contribution in [2.45, 2.75) is 6.92 Å². The van der Waals surface area contributed by atoms with E-state index in [0.29, 0.717) is 5.65 Å². The molecule has 0 aliphatic heterocycles. The molecule has 4 aromatic heterocycles. The molecule has 0 saturated carbocycles. The Morgan fingerprint density at radius 3 is 2.82 bits per heavy atom. The Hall–Kier alpha value is -3.02. The van der Waals surface area contributed by atoms with Gasteiger partial charge in [-0.15, -0.1) is 0 Å². The van der Waals surface area contributed by atoms with E-state index in [4.69, 9.17) is 0 Å². The van der Waals surface area contributed by atoms with Gasteiger partial charge in [-0.2, -0.15) is 10.2 Å². The molecule has 22 heavy (non-hydrogen) atoms. The lowest BCUT2D eigenvalue weighted by Crippen LogP contribution is -1.90. The molecule has 0 aliphatic rings. The van der Waals surface area contributed by atoms with Crippen molar-refractivity contribution in [1.29, 1.82) is 0 Å². The van der Waals surface area contributed by atoms with Gasteiger partial charge in [0.1, 0.15) is 0 Å². The Labute approximate surface area is 126 Å². The van der Waals surface area contributed by atoms with Gasteiger partial charge in [0.2, 0.25) is 0 Å². The average Bonchev–Trinajstić information content (AvgIpc) is 3.14. The highest BCUT2D eigenvalue weighted by atomic mass is 15.2. The van der Waals surface area contributed by atoms with Crippen LogP contribution in [0.15, 0.2) is 42.9 Å². The lowest BCUT2D eigenvalue weighted by atomic mass is 10.0. The third-order valence-electron chi connectivity index (χ3n) is 3.65. The number of rotatable bonds is 2. The monoisotopic (exact) mass is 290 g/mol. The smallest absolute Gasteiger partial charge is 0.182 e. The summed E-state index contributed by atoms with van der Waals surface area (Å²) < 4.78 is 1.76. The van der Waals surface area contributed by atoms with Gasteiger partial charge < -0.3 is 0 Å². The summed E-state index contributed by atoms with van der Waals surface area (Å²) in [4.78, 5) is 9.11. The van der Waals surface area contributed by atoms with Crippen LogP contribution in [0.5, 0.6) is 0 Å². The predicted molar refractivity (Wildman–Crippen MR) is 84.1 cm³/mol. The van der Waals surface area contributed by atoms with E-state index < -0.39 is 0 Å². The van der Waals surface area contributed by atoms with Gasteiger partial charge in [-0.3, -0.25) is 14.8 Å². The van der Waals surface area contributed by atoms with E-state index in [1.54, 1.807) is 17.1 Å². The molecule has 0 aromatic carbocycles. The maximum Gasteiger partial charge on any atom is 0.182 e. The molecule has 4 heterocycles. The largest absolute Gasteiger partial charge is 0.280 e. The van der Waals surface area contributed by atoms with Gasteiger partial charge in [0.25, 0.3) is 0 Å². The van der Waals surface area contributed by atoms with Crippen LogP contribution in [0, 0.1) is 6.92 Å². The highest BCUT2D eigenvalue weighted by molar-refractivity contribution is 5.95. The van der Waals surface area contributed by atoms with Gasteiger partial charge in [-0.25, -0.2) is 4.98 Å². The molecule has 0 amide bonds. The number of hydrogen-bond donors (Lipinski definition) is 1. The van der Waals surface area contributed by atoms with E-state index in [1.165, 1.54) is 0 Å². The summed E-state index contributed by atoms with van der Waals surface area (Å²) in [5.74, 6) is 0. The summed E-state index contributed by atoms with van der Waals surface area (Å²) in [6, 6.07) is 7.93. The first-order valence-corrected chi connectivity index (χ1v) is 6.98. The maximum absolute atomic E-state index is 4.64. The molecule has 1 N–H and O–H groups in total. The summed E-state index contributed by atoms with van der Waals surface area (Å²) in [6.45, 7) is 1.99. The Kier molecular flexibility index (Phi) is 2.75. The summed E-state index contributed by atoms with van der Waals surface area (Å²) in [7, 11) is 1.89. The Morgan fingerprint density at radius 1 is 1.18 bits per heavy atom. The molecule has 0 fully saturated rings. The molecular formula is C16H14N6. The van der Waals surface area contributed by atoms with Crippen LogP contribution in [0.4, 0.5) is 0 Å². The fourth-order valence-corrected chi connectivity index (χ4v) is 2.60. The van der Waals surface area contributed by atoms with Crippen molar-refractivity contribution in [2.24, 2.45) is 7.05 Å². The van der Waals surface area contributed by atoms with E-state index in [0.717, 1.165) is 33.6 Å². The maximum atomic E-state index is 4.64. The zero-order valence-corrected chi connectivity index (χ0v) is 12.3. The van der Waals surface area contributed by atoms with E-state index in [1.807, 2.05) is 44.4 Å². The quantitative estimate of drug-likeness (QED) is 0.616. The molecule has 0 spiro atoms. The second-order valence-electron chi connectivity index (χ2n) is 5.22. The van der Waals surface area contributed by atoms with Crippen LogP contribution in [0.1, 0.15) is 5.69 Å². The van der Waals surface area contributed by atoms with Crippen molar-refractivity contribution >= 4 is 11.0 Å². The normalized spacial score (nSPS) is 11.2. The zero-order chi connectivity index (χ0) is 15.1. The minimum atomic E-state index is 0.694. The minimum absolute atomic E-state index is 0.694. The molecule has 0 bridgehead atoms. The van der Waals surface area contributed by atoms with Crippen molar-refractivity contribution in [3.05, 3.63) is 48.5 Å². The SMILES string of the molecule is Cc1[nH]nc2nc(-c3cnn(C)c3)cc(-c3ccccn3)c12. The van der Waals surface area contributed by atoms with Gasteiger partial charge in [-0.1, -0.05) is 6.07 Å². The topological polar surface area (TPSA) is 72.3 Å². The van der Waals surface area contributed by atoms with Gasteiger partial charge in [0, 0.05) is 36.3 Å². The number of H-pyrrole nitrogens is 1. The zero-order valence-electron chi connectivity index (χ0n) is 12.3. The second-order valence-corrected chi connectivity index (χ2v) is 5.22. The first kappa shape index (κ1) is 12.7. The van der Waals surface area contributed by atoms with E-state index >= 15 is 0 Å². The van der Waals surface area contributed by atoms with Crippen molar-refractivity contribution < 1.29 is 0 Å². The number of aryl methyl sites for hydroxylation is 2. The molecule has 0 saturated heterocycles. The lowest BCUT2D eigenvalue weighted by Gasteiger charge is -2.05. The fraction of sp³-hybridized carbons (Fsp3) is 0.125. The van der Waals surface area contributed by atoms with Gasteiger partial charge >= 0.3 is 0 Å². The Morgan fingerprint density at radius 2 is 2.09 bits per heavy atom. The molecule has 6 heteroatoms. The summed E-state index contributed by atoms with van der Waals surface area (Å²) in [5, 5.41) is 12.5. The van der Waals surface area contributed by atoms with E-state index in [2.05, 4.69) is 25.3 Å². The van der Waals surface area contributed by atoms with Crippen LogP contribution in [-0.4, -0.2) is 29.9 Å². The predicted octanol–water partition coefficient (Wildman–Crippen LogP) is 2.73. The Balaban J connectivity index is 2.02. The lowest BCUT2D eigenvalue weighted by molar-refractivity contribution is 0.768. The van der Waals surface area contributed by atoms with Crippen molar-refractivity contribution in [3.63, 3.8) is 0 Å². The molecular weight excluding hydrogens is 276 g/mol. The van der Waals surface area contributed by atoms with Crippen molar-refractivity contribution in [3.8, 4) is 22.5 Å². The van der Waals surface area contributed by atoms with Gasteiger partial charge in [-0.05, 0) is 25.1 Å². The molecule has 0 atom stereocenters. The average molecular weight is 290 g/mol. The Bertz CT molecular complexity index is 951. The molecule has 0 unspecified atom stereocenters. The number of fused-ring (bicyclic) bond motifs is 1. The first-order valence-electron chi connectivity index (χ1n) is 6.98. The third kappa shape index (κ3) is 1.96. The number of pyridine rings is 2. The van der Waals surface area contributed by atoms with Crippen LogP contribution in [0.3, 0.4) is 0 Å². The summed E-state index contributed by atoms with van der Waals surface area (Å²) in [6.07, 6.45) is 5.53. The van der Waals surface area contributed by atoms with Gasteiger partial charge in [0.05, 0.1) is 23.0 Å². The molecule has 0 radical (unpaired) electrons. The van der Waals surface area contributed by atoms with Crippen LogP contribution >= 0.6 is 0 Å². The number of aromatic amines is 1. The summed E-state index contributed by atoms with van der Waals surface area (Å²) in [5.41, 5.74) is 5.41. The number of hydrogen-bond acceptors (Lipinski definition) is 4. The second kappa shape index (κ2) is 4.77. The minimum Gasteiger partial charge on any atom is -0.280 e. The van der Waals surface area contributed by atoms with Crippen molar-refractivity contribution in [2.75, 3.05) is 0 Å². The van der Waals surface area contributed by atoms with Crippen LogP contribution < -0.4 is 0 Å². The van der Waals surface area contributed by atoms with E-state index in [9.17, 15) is 0 Å². The number of nitrogens with zero attached hydrogens (tertiary/aromatic N) is 5. The third-order valence-corrected chi connectivity index (χ3v) is 3.65. The standard InChI is InChI=1S/C16H14N6/c1-10-15-12(13-5-3-4-6-17-13)7-14(19-16(15)21-20-10)11-8-18-22(2)9-11/h3-9H,1-2H3,(H,19,20,21). The molecule has 6 nitrogen and oxygen atoms in total. The first-order chi connectivity index (χ1) is 10.7. The highest BCUT2D eigenvalue weighted by Crippen LogP contribution is 2.31. The molecule has 0 aliphatic carbocycles. The molecule has 108 valence electrons. The van der Waals surface area contributed by atoms with E-state index in [-0.39, 0.29) is 0 Å². The van der Waals surface area contributed by atoms with Crippen LogP contribution in [0.2, 0.25) is 0 Å². The van der Waals surface area contributed by atoms with Crippen molar-refractivity contribution in [1.82, 2.24) is 29.9 Å². The summed E-state index contributed by atoms with van der Waals surface area (Å²) >= 11 is 0.